The number of aromatic nitrogens is 1. The second-order valence-corrected chi connectivity index (χ2v) is 8.93. The van der Waals surface area contributed by atoms with Gasteiger partial charge in [-0.2, -0.15) is 0 Å². The number of ether oxygens (including phenoxy) is 2. The minimum absolute atomic E-state index is 0.134. The summed E-state index contributed by atoms with van der Waals surface area (Å²) < 4.78 is 15.5. The van der Waals surface area contributed by atoms with E-state index in [0.717, 1.165) is 37.8 Å². The molecule has 0 saturated carbocycles. The maximum absolute atomic E-state index is 12.1. The molecule has 3 rings (SSSR count). The van der Waals surface area contributed by atoms with Crippen LogP contribution < -0.4 is 4.90 Å². The lowest BCUT2D eigenvalue weighted by molar-refractivity contribution is -0.141. The summed E-state index contributed by atoms with van der Waals surface area (Å²) in [7, 11) is 1.39. The smallest absolute Gasteiger partial charge is 0.410 e. The predicted octanol–water partition coefficient (Wildman–Crippen LogP) is 2.47. The first-order chi connectivity index (χ1) is 12.6. The van der Waals surface area contributed by atoms with Gasteiger partial charge in [0.05, 0.1) is 7.11 Å². The molecule has 8 nitrogen and oxygen atoms in total. The summed E-state index contributed by atoms with van der Waals surface area (Å²) in [6.07, 6.45) is 0.766. The zero-order valence-electron chi connectivity index (χ0n) is 16.8. The third-order valence-electron chi connectivity index (χ3n) is 4.92. The lowest BCUT2D eigenvalue weighted by atomic mass is 9.73. The maximum atomic E-state index is 12.1. The molecule has 150 valence electrons. The van der Waals surface area contributed by atoms with Crippen molar-refractivity contribution in [1.82, 2.24) is 10.1 Å². The number of nitrogens with zero attached hydrogens (tertiary/aromatic N) is 3. The lowest BCUT2D eigenvalue weighted by Gasteiger charge is -2.59. The Morgan fingerprint density at radius 2 is 1.96 bits per heavy atom. The van der Waals surface area contributed by atoms with Crippen molar-refractivity contribution in [2.24, 2.45) is 11.3 Å². The molecule has 0 aliphatic carbocycles. The molecule has 0 radical (unpaired) electrons. The Labute approximate surface area is 159 Å². The van der Waals surface area contributed by atoms with E-state index < -0.39 is 5.60 Å². The Morgan fingerprint density at radius 3 is 2.56 bits per heavy atom. The van der Waals surface area contributed by atoms with Gasteiger partial charge in [-0.15, -0.1) is 0 Å². The van der Waals surface area contributed by atoms with Crippen LogP contribution in [0.5, 0.6) is 0 Å². The lowest BCUT2D eigenvalue weighted by Crippen LogP contribution is -2.73. The fourth-order valence-electron chi connectivity index (χ4n) is 3.68. The summed E-state index contributed by atoms with van der Waals surface area (Å²) >= 11 is 0. The molecule has 0 unspecified atom stereocenters. The van der Waals surface area contributed by atoms with Gasteiger partial charge in [0.25, 0.3) is 0 Å². The van der Waals surface area contributed by atoms with Crippen molar-refractivity contribution in [2.75, 3.05) is 38.2 Å². The van der Waals surface area contributed by atoms with Gasteiger partial charge in [0.1, 0.15) is 11.4 Å². The minimum atomic E-state index is -0.465. The van der Waals surface area contributed by atoms with Crippen LogP contribution in [0.25, 0.3) is 0 Å². The molecule has 1 aromatic heterocycles. The van der Waals surface area contributed by atoms with Gasteiger partial charge in [0, 0.05) is 50.5 Å². The SMILES string of the molecule is COC(=O)C[C@H](C)Cc1cc(N2CC3(CN(C(=O)OC(C)(C)C)C3)C2)no1. The second kappa shape index (κ2) is 7.05. The van der Waals surface area contributed by atoms with Gasteiger partial charge >= 0.3 is 12.1 Å². The minimum Gasteiger partial charge on any atom is -0.469 e. The van der Waals surface area contributed by atoms with E-state index >= 15 is 0 Å². The standard InChI is InChI=1S/C19H29N3O5/c1-13(7-16(23)25-5)6-14-8-15(20-27-14)21-9-19(10-21)11-22(12-19)17(24)26-18(2,3)4/h8,13H,6-7,9-12H2,1-5H3/t13-/m1/s1. The highest BCUT2D eigenvalue weighted by Crippen LogP contribution is 2.42. The Kier molecular flexibility index (Phi) is 5.10. The Morgan fingerprint density at radius 1 is 1.30 bits per heavy atom. The fourth-order valence-corrected chi connectivity index (χ4v) is 3.68. The number of anilines is 1. The third kappa shape index (κ3) is 4.54. The zero-order chi connectivity index (χ0) is 19.8. The quantitative estimate of drug-likeness (QED) is 0.727. The molecule has 8 heteroatoms. The van der Waals surface area contributed by atoms with E-state index in [2.05, 4.69) is 10.1 Å². The molecule has 0 aromatic carbocycles. The van der Waals surface area contributed by atoms with Crippen molar-refractivity contribution in [3.63, 3.8) is 0 Å². The molecule has 2 aliphatic rings. The van der Waals surface area contributed by atoms with Crippen LogP contribution in [0.2, 0.25) is 0 Å². The molecule has 1 spiro atoms. The van der Waals surface area contributed by atoms with E-state index in [0.29, 0.717) is 12.8 Å². The predicted molar refractivity (Wildman–Crippen MR) is 98.5 cm³/mol. The van der Waals surface area contributed by atoms with E-state index in [1.165, 1.54) is 7.11 Å². The highest BCUT2D eigenvalue weighted by atomic mass is 16.6. The first-order valence-corrected chi connectivity index (χ1v) is 9.34. The zero-order valence-corrected chi connectivity index (χ0v) is 16.8. The number of likely N-dealkylation sites (tertiary alicyclic amines) is 1. The molecule has 2 saturated heterocycles. The normalized spacial score (nSPS) is 19.3. The van der Waals surface area contributed by atoms with Crippen molar-refractivity contribution in [1.29, 1.82) is 0 Å². The maximum Gasteiger partial charge on any atom is 0.410 e. The van der Waals surface area contributed by atoms with E-state index in [4.69, 9.17) is 14.0 Å². The topological polar surface area (TPSA) is 85.1 Å². The number of rotatable bonds is 5. The van der Waals surface area contributed by atoms with E-state index in [-0.39, 0.29) is 23.4 Å². The highest BCUT2D eigenvalue weighted by molar-refractivity contribution is 5.70. The van der Waals surface area contributed by atoms with Crippen molar-refractivity contribution >= 4 is 17.9 Å². The van der Waals surface area contributed by atoms with Gasteiger partial charge in [-0.25, -0.2) is 4.79 Å². The number of carbonyl (C=O) groups is 2. The van der Waals surface area contributed by atoms with E-state index in [1.54, 1.807) is 4.90 Å². The fraction of sp³-hybridized carbons (Fsp3) is 0.737. The van der Waals surface area contributed by atoms with Crippen LogP contribution >= 0.6 is 0 Å². The summed E-state index contributed by atoms with van der Waals surface area (Å²) in [4.78, 5) is 27.3. The van der Waals surface area contributed by atoms with Gasteiger partial charge in [0.15, 0.2) is 5.82 Å². The molecule has 1 atom stereocenters. The largest absolute Gasteiger partial charge is 0.469 e. The molecule has 2 aliphatic heterocycles. The Hall–Kier alpha value is -2.25. The van der Waals surface area contributed by atoms with Crippen LogP contribution in [0.3, 0.4) is 0 Å². The molecule has 2 fully saturated rings. The number of amides is 1. The molecular weight excluding hydrogens is 350 g/mol. The summed E-state index contributed by atoms with van der Waals surface area (Å²) in [5.74, 6) is 1.50. The summed E-state index contributed by atoms with van der Waals surface area (Å²) in [5.41, 5.74) is -0.318. The molecule has 3 heterocycles. The number of esters is 1. The molecule has 0 N–H and O–H groups in total. The highest BCUT2D eigenvalue weighted by Gasteiger charge is 2.54. The number of carbonyl (C=O) groups excluding carboxylic acids is 2. The van der Waals surface area contributed by atoms with Crippen molar-refractivity contribution in [2.45, 2.75) is 46.1 Å². The van der Waals surface area contributed by atoms with Crippen molar-refractivity contribution in [3.05, 3.63) is 11.8 Å². The monoisotopic (exact) mass is 379 g/mol. The molecule has 1 aromatic rings. The van der Waals surface area contributed by atoms with Crippen molar-refractivity contribution < 1.29 is 23.6 Å². The average Bonchev–Trinajstić information content (AvgIpc) is 2.90. The number of hydrogen-bond acceptors (Lipinski definition) is 7. The van der Waals surface area contributed by atoms with Gasteiger partial charge < -0.3 is 23.8 Å². The van der Waals surface area contributed by atoms with Gasteiger partial charge in [-0.1, -0.05) is 12.1 Å². The third-order valence-corrected chi connectivity index (χ3v) is 4.92. The molecule has 1 amide bonds. The Balaban J connectivity index is 1.44. The number of methoxy groups -OCH3 is 1. The second-order valence-electron chi connectivity index (χ2n) is 8.93. The van der Waals surface area contributed by atoms with Crippen LogP contribution in [0.4, 0.5) is 10.6 Å². The summed E-state index contributed by atoms with van der Waals surface area (Å²) in [6, 6.07) is 1.94. The molecule has 27 heavy (non-hydrogen) atoms. The van der Waals surface area contributed by atoms with Crippen LogP contribution in [-0.4, -0.2) is 61.0 Å². The first-order valence-electron chi connectivity index (χ1n) is 9.34. The van der Waals surface area contributed by atoms with Crippen LogP contribution in [0.15, 0.2) is 10.6 Å². The average molecular weight is 379 g/mol. The van der Waals surface area contributed by atoms with Crippen LogP contribution in [0.1, 0.15) is 39.9 Å². The van der Waals surface area contributed by atoms with Gasteiger partial charge in [-0.3, -0.25) is 4.79 Å². The van der Waals surface area contributed by atoms with Gasteiger partial charge in [0.2, 0.25) is 0 Å². The van der Waals surface area contributed by atoms with Crippen LogP contribution in [-0.2, 0) is 20.7 Å². The van der Waals surface area contributed by atoms with Crippen molar-refractivity contribution in [3.8, 4) is 0 Å². The number of hydrogen-bond donors (Lipinski definition) is 0. The van der Waals surface area contributed by atoms with E-state index in [1.807, 2.05) is 33.8 Å². The van der Waals surface area contributed by atoms with Crippen LogP contribution in [0, 0.1) is 11.3 Å². The first kappa shape index (κ1) is 19.5. The molecular formula is C19H29N3O5. The Bertz CT molecular complexity index is 694. The van der Waals surface area contributed by atoms with E-state index in [9.17, 15) is 9.59 Å². The summed E-state index contributed by atoms with van der Waals surface area (Å²) in [5, 5.41) is 4.15. The molecule has 0 bridgehead atoms. The van der Waals surface area contributed by atoms with Gasteiger partial charge in [-0.05, 0) is 26.7 Å². The summed E-state index contributed by atoms with van der Waals surface area (Å²) in [6.45, 7) is 10.8.